The van der Waals surface area contributed by atoms with Crippen molar-refractivity contribution in [2.45, 2.75) is 25.0 Å². The lowest BCUT2D eigenvalue weighted by Crippen LogP contribution is -2.45. The van der Waals surface area contributed by atoms with E-state index < -0.39 is 24.2 Å². The Morgan fingerprint density at radius 1 is 1.16 bits per heavy atom. The monoisotopic (exact) mass is 351 g/mol. The van der Waals surface area contributed by atoms with Gasteiger partial charge in [0.05, 0.1) is 0 Å². The van der Waals surface area contributed by atoms with Gasteiger partial charge in [-0.05, 0) is 23.8 Å². The van der Waals surface area contributed by atoms with Crippen LogP contribution < -0.4 is 10.5 Å². The van der Waals surface area contributed by atoms with Crippen LogP contribution in [0.5, 0.6) is 5.75 Å². The van der Waals surface area contributed by atoms with Crippen molar-refractivity contribution >= 4 is 15.9 Å². The highest BCUT2D eigenvalue weighted by Gasteiger charge is 2.59. The molecule has 19 heavy (non-hydrogen) atoms. The van der Waals surface area contributed by atoms with Gasteiger partial charge in [0.15, 0.2) is 0 Å². The van der Waals surface area contributed by atoms with Crippen molar-refractivity contribution in [1.82, 2.24) is 0 Å². The van der Waals surface area contributed by atoms with Crippen LogP contribution in [0.1, 0.15) is 5.56 Å². The molecular formula is C10H8BrF6NO. The molecule has 1 rings (SSSR count). The van der Waals surface area contributed by atoms with Crippen LogP contribution in [0.25, 0.3) is 0 Å². The predicted molar refractivity (Wildman–Crippen MR) is 58.6 cm³/mol. The van der Waals surface area contributed by atoms with Crippen LogP contribution in [0, 0.1) is 0 Å². The van der Waals surface area contributed by atoms with Gasteiger partial charge in [0.2, 0.25) is 0 Å². The van der Waals surface area contributed by atoms with Gasteiger partial charge in [0.1, 0.15) is 5.75 Å². The van der Waals surface area contributed by atoms with Crippen LogP contribution in [0.15, 0.2) is 22.7 Å². The molecule has 0 amide bonds. The van der Waals surface area contributed by atoms with Crippen LogP contribution in [0.2, 0.25) is 0 Å². The molecular weight excluding hydrogens is 344 g/mol. The van der Waals surface area contributed by atoms with E-state index in [2.05, 4.69) is 20.7 Å². The Labute approximate surface area is 112 Å². The molecule has 0 radical (unpaired) electrons. The Bertz CT molecular complexity index is 450. The maximum Gasteiger partial charge on any atom is 0.439 e. The SMILES string of the molecule is NCc1cc(Br)cc(OC(F)(F)C(F)C(F)(F)F)c1. The summed E-state index contributed by atoms with van der Waals surface area (Å²) in [5.74, 6) is -0.619. The van der Waals surface area contributed by atoms with Gasteiger partial charge in [0.25, 0.3) is 6.17 Å². The molecule has 2 N–H and O–H groups in total. The number of benzene rings is 1. The fourth-order valence-electron chi connectivity index (χ4n) is 1.20. The fourth-order valence-corrected chi connectivity index (χ4v) is 1.72. The summed E-state index contributed by atoms with van der Waals surface area (Å²) in [5.41, 5.74) is 5.60. The maximum absolute atomic E-state index is 13.0. The smallest absolute Gasteiger partial charge is 0.430 e. The predicted octanol–water partition coefficient (Wildman–Crippen LogP) is 3.78. The minimum absolute atomic E-state index is 0.0420. The number of halogens is 7. The average Bonchev–Trinajstić information content (AvgIpc) is 2.25. The van der Waals surface area contributed by atoms with Gasteiger partial charge in [-0.1, -0.05) is 15.9 Å². The van der Waals surface area contributed by atoms with Gasteiger partial charge in [-0.15, -0.1) is 0 Å². The van der Waals surface area contributed by atoms with E-state index in [1.165, 1.54) is 6.07 Å². The molecule has 2 nitrogen and oxygen atoms in total. The van der Waals surface area contributed by atoms with Crippen LogP contribution in [0.3, 0.4) is 0 Å². The summed E-state index contributed by atoms with van der Waals surface area (Å²) in [4.78, 5) is 0. The van der Waals surface area contributed by atoms with Gasteiger partial charge in [-0.3, -0.25) is 0 Å². The van der Waals surface area contributed by atoms with E-state index in [1.54, 1.807) is 0 Å². The first-order valence-electron chi connectivity index (χ1n) is 4.83. The van der Waals surface area contributed by atoms with Crippen molar-refractivity contribution in [2.75, 3.05) is 0 Å². The molecule has 108 valence electrons. The maximum atomic E-state index is 13.0. The van der Waals surface area contributed by atoms with Crippen LogP contribution >= 0.6 is 15.9 Å². The Morgan fingerprint density at radius 2 is 1.74 bits per heavy atom. The normalized spacial score (nSPS) is 14.3. The van der Waals surface area contributed by atoms with Gasteiger partial charge >= 0.3 is 12.3 Å². The lowest BCUT2D eigenvalue weighted by atomic mass is 10.2. The Kier molecular flexibility index (Phi) is 4.72. The molecule has 1 aromatic rings. The first-order chi connectivity index (χ1) is 8.56. The van der Waals surface area contributed by atoms with Gasteiger partial charge < -0.3 is 10.5 Å². The molecule has 0 aromatic heterocycles. The summed E-state index contributed by atoms with van der Waals surface area (Å²) < 4.78 is 78.4. The van der Waals surface area contributed by atoms with Crippen molar-refractivity contribution in [3.63, 3.8) is 0 Å². The number of alkyl halides is 6. The first-order valence-corrected chi connectivity index (χ1v) is 5.62. The molecule has 0 heterocycles. The summed E-state index contributed by atoms with van der Waals surface area (Å²) in [6.45, 7) is -0.0420. The first kappa shape index (κ1) is 16.1. The Balaban J connectivity index is 2.98. The van der Waals surface area contributed by atoms with Crippen molar-refractivity contribution in [1.29, 1.82) is 0 Å². The zero-order chi connectivity index (χ0) is 14.8. The van der Waals surface area contributed by atoms with Gasteiger partial charge in [-0.25, -0.2) is 4.39 Å². The number of rotatable bonds is 4. The molecule has 9 heteroatoms. The largest absolute Gasteiger partial charge is 0.439 e. The number of hydrogen-bond donors (Lipinski definition) is 1. The molecule has 0 bridgehead atoms. The molecule has 0 fully saturated rings. The van der Waals surface area contributed by atoms with E-state index in [-0.39, 0.29) is 11.0 Å². The molecule has 0 aliphatic carbocycles. The van der Waals surface area contributed by atoms with E-state index in [9.17, 15) is 26.3 Å². The molecule has 0 aliphatic heterocycles. The van der Waals surface area contributed by atoms with Crippen molar-refractivity contribution < 1.29 is 31.1 Å². The van der Waals surface area contributed by atoms with E-state index in [4.69, 9.17) is 5.73 Å². The van der Waals surface area contributed by atoms with Crippen molar-refractivity contribution in [3.05, 3.63) is 28.2 Å². The third-order valence-electron chi connectivity index (χ3n) is 2.00. The standard InChI is InChI=1S/C10H8BrF6NO/c11-6-1-5(4-18)2-7(3-6)19-10(16,17)8(12)9(13,14)15/h1-3,8H,4,18H2. The van der Waals surface area contributed by atoms with E-state index in [1.807, 2.05) is 0 Å². The van der Waals surface area contributed by atoms with Gasteiger partial charge in [0, 0.05) is 11.0 Å². The molecule has 0 saturated carbocycles. The highest BCUT2D eigenvalue weighted by Crippen LogP contribution is 2.37. The van der Waals surface area contributed by atoms with Crippen LogP contribution in [-0.2, 0) is 6.54 Å². The second kappa shape index (κ2) is 5.58. The van der Waals surface area contributed by atoms with Crippen molar-refractivity contribution in [2.24, 2.45) is 5.73 Å². The Hall–Kier alpha value is -0.960. The number of hydrogen-bond acceptors (Lipinski definition) is 2. The van der Waals surface area contributed by atoms with Crippen LogP contribution in [0.4, 0.5) is 26.3 Å². The molecule has 1 atom stereocenters. The topological polar surface area (TPSA) is 35.2 Å². The minimum Gasteiger partial charge on any atom is -0.430 e. The summed E-state index contributed by atoms with van der Waals surface area (Å²) in [7, 11) is 0. The third-order valence-corrected chi connectivity index (χ3v) is 2.46. The summed E-state index contributed by atoms with van der Waals surface area (Å²) >= 11 is 2.94. The lowest BCUT2D eigenvalue weighted by Gasteiger charge is -2.23. The second-order valence-electron chi connectivity index (χ2n) is 3.57. The van der Waals surface area contributed by atoms with Gasteiger partial charge in [-0.2, -0.15) is 22.0 Å². The number of ether oxygens (including phenoxy) is 1. The molecule has 1 unspecified atom stereocenters. The summed E-state index contributed by atoms with van der Waals surface area (Å²) in [5, 5.41) is 0. The summed E-state index contributed by atoms with van der Waals surface area (Å²) in [6.07, 6.45) is -15.2. The highest BCUT2D eigenvalue weighted by molar-refractivity contribution is 9.10. The third kappa shape index (κ3) is 4.27. The quantitative estimate of drug-likeness (QED) is 0.838. The zero-order valence-corrected chi connectivity index (χ0v) is 10.7. The number of nitrogens with two attached hydrogens (primary N) is 1. The van der Waals surface area contributed by atoms with E-state index in [0.29, 0.717) is 5.56 Å². The fraction of sp³-hybridized carbons (Fsp3) is 0.400. The van der Waals surface area contributed by atoms with E-state index >= 15 is 0 Å². The molecule has 1 aromatic carbocycles. The molecule has 0 spiro atoms. The Morgan fingerprint density at radius 3 is 2.21 bits per heavy atom. The lowest BCUT2D eigenvalue weighted by molar-refractivity contribution is -0.305. The zero-order valence-electron chi connectivity index (χ0n) is 9.15. The van der Waals surface area contributed by atoms with Crippen molar-refractivity contribution in [3.8, 4) is 5.75 Å². The second-order valence-corrected chi connectivity index (χ2v) is 4.48. The molecule has 0 saturated heterocycles. The minimum atomic E-state index is -5.72. The van der Waals surface area contributed by atoms with Crippen LogP contribution in [-0.4, -0.2) is 18.5 Å². The highest BCUT2D eigenvalue weighted by atomic mass is 79.9. The van der Waals surface area contributed by atoms with E-state index in [0.717, 1.165) is 12.1 Å². The molecule has 0 aliphatic rings. The average molecular weight is 352 g/mol. The summed E-state index contributed by atoms with van der Waals surface area (Å²) in [6, 6.07) is 3.44.